The molecule has 174 valence electrons. The molecule has 1 aromatic heterocycles. The van der Waals surface area contributed by atoms with Crippen molar-refractivity contribution in [2.24, 2.45) is 5.41 Å². The Morgan fingerprint density at radius 1 is 1.18 bits per heavy atom. The van der Waals surface area contributed by atoms with Crippen molar-refractivity contribution in [2.45, 2.75) is 32.7 Å². The number of rotatable bonds is 3. The van der Waals surface area contributed by atoms with Crippen LogP contribution >= 0.6 is 23.2 Å². The Morgan fingerprint density at radius 2 is 1.91 bits per heavy atom. The minimum atomic E-state index is -0.605. The molecule has 2 aromatic carbocycles. The molecule has 1 atom stereocenters. The number of aromatic nitrogens is 2. The van der Waals surface area contributed by atoms with E-state index in [9.17, 15) is 14.0 Å². The van der Waals surface area contributed by atoms with Gasteiger partial charge in [-0.2, -0.15) is 5.10 Å². The Labute approximate surface area is 205 Å². The van der Waals surface area contributed by atoms with Crippen molar-refractivity contribution in [1.29, 1.82) is 0 Å². The predicted molar refractivity (Wildman–Crippen MR) is 130 cm³/mol. The molecular weight excluding hydrogens is 478 g/mol. The van der Waals surface area contributed by atoms with Crippen LogP contribution in [-0.2, 0) is 4.79 Å². The molecule has 5 rings (SSSR count). The fourth-order valence-corrected chi connectivity index (χ4v) is 5.13. The van der Waals surface area contributed by atoms with Crippen LogP contribution in [0.3, 0.4) is 0 Å². The number of hydrogen-bond donors (Lipinski definition) is 2. The van der Waals surface area contributed by atoms with Gasteiger partial charge in [-0.15, -0.1) is 0 Å². The van der Waals surface area contributed by atoms with Crippen molar-refractivity contribution < 1.29 is 14.0 Å². The maximum absolute atomic E-state index is 13.3. The van der Waals surface area contributed by atoms with E-state index in [2.05, 4.69) is 15.7 Å². The number of carbonyl (C=O) groups is 2. The molecule has 0 saturated heterocycles. The summed E-state index contributed by atoms with van der Waals surface area (Å²) in [5.41, 5.74) is 2.51. The lowest BCUT2D eigenvalue weighted by molar-refractivity contribution is -0.118. The molecule has 2 N–H and O–H groups in total. The third-order valence-electron chi connectivity index (χ3n) is 6.11. The number of ketones is 1. The van der Waals surface area contributed by atoms with Crippen LogP contribution in [0.4, 0.5) is 15.9 Å². The molecule has 9 heteroatoms. The van der Waals surface area contributed by atoms with E-state index >= 15 is 0 Å². The topological polar surface area (TPSA) is 76.0 Å². The first-order valence-corrected chi connectivity index (χ1v) is 11.5. The number of Topliss-reactive ketones (excluding diaryl/α,β-unsaturated/α-hetero) is 1. The smallest absolute Gasteiger partial charge is 0.261 e. The molecule has 1 aliphatic carbocycles. The zero-order chi connectivity index (χ0) is 24.2. The average molecular weight is 499 g/mol. The molecule has 1 aliphatic heterocycles. The lowest BCUT2D eigenvalue weighted by Crippen LogP contribution is -2.37. The molecule has 0 bridgehead atoms. The number of halogens is 3. The number of benzene rings is 2. The maximum atomic E-state index is 13.3. The summed E-state index contributed by atoms with van der Waals surface area (Å²) >= 11 is 12.7. The molecule has 0 fully saturated rings. The minimum Gasteiger partial charge on any atom is -0.343 e. The van der Waals surface area contributed by atoms with Gasteiger partial charge in [-0.05, 0) is 48.2 Å². The predicted octanol–water partition coefficient (Wildman–Crippen LogP) is 6.24. The molecule has 1 amide bonds. The van der Waals surface area contributed by atoms with E-state index in [0.29, 0.717) is 51.1 Å². The van der Waals surface area contributed by atoms with E-state index in [4.69, 9.17) is 23.2 Å². The second-order valence-corrected chi connectivity index (χ2v) is 10.2. The van der Waals surface area contributed by atoms with Crippen molar-refractivity contribution >= 4 is 46.4 Å². The van der Waals surface area contributed by atoms with Gasteiger partial charge in [-0.25, -0.2) is 9.07 Å². The van der Waals surface area contributed by atoms with Crippen LogP contribution in [0.25, 0.3) is 0 Å². The number of anilines is 2. The molecule has 0 radical (unpaired) electrons. The highest BCUT2D eigenvalue weighted by atomic mass is 35.5. The molecule has 3 aromatic rings. The third-order valence-corrected chi connectivity index (χ3v) is 6.67. The zero-order valence-corrected chi connectivity index (χ0v) is 20.0. The van der Waals surface area contributed by atoms with Crippen molar-refractivity contribution in [3.63, 3.8) is 0 Å². The molecule has 2 heterocycles. The van der Waals surface area contributed by atoms with Gasteiger partial charge >= 0.3 is 0 Å². The first-order chi connectivity index (χ1) is 16.1. The molecule has 34 heavy (non-hydrogen) atoms. The fourth-order valence-electron chi connectivity index (χ4n) is 4.62. The van der Waals surface area contributed by atoms with Crippen LogP contribution in [0.15, 0.2) is 59.9 Å². The summed E-state index contributed by atoms with van der Waals surface area (Å²) in [4.78, 5) is 26.4. The van der Waals surface area contributed by atoms with Gasteiger partial charge in [0.05, 0.1) is 6.20 Å². The van der Waals surface area contributed by atoms with Gasteiger partial charge in [-0.1, -0.05) is 43.1 Å². The van der Waals surface area contributed by atoms with Crippen molar-refractivity contribution in [3.05, 3.63) is 86.9 Å². The van der Waals surface area contributed by atoms with Crippen molar-refractivity contribution in [3.8, 4) is 0 Å². The largest absolute Gasteiger partial charge is 0.343 e. The van der Waals surface area contributed by atoms with Crippen LogP contribution in [0.1, 0.15) is 48.7 Å². The standard InChI is InChI=1S/C25H21Cl2FN4O2/c1-25(2)10-19-21(20(33)11-25)22(16-8-3-13(26)9-18(16)27)32-23(31-19)17(12-29-32)24(34)30-15-6-4-14(28)5-7-15/h3-9,12,22,31H,10-11H2,1-2H3,(H,30,34)/t22-/m0/s1. The number of hydrogen-bond acceptors (Lipinski definition) is 4. The summed E-state index contributed by atoms with van der Waals surface area (Å²) in [7, 11) is 0. The van der Waals surface area contributed by atoms with E-state index in [1.165, 1.54) is 30.5 Å². The van der Waals surface area contributed by atoms with Gasteiger partial charge in [0, 0.05) is 39.0 Å². The number of carbonyl (C=O) groups excluding carboxylic acids is 2. The van der Waals surface area contributed by atoms with Gasteiger partial charge in [0.2, 0.25) is 0 Å². The molecule has 0 spiro atoms. The van der Waals surface area contributed by atoms with Crippen molar-refractivity contribution in [1.82, 2.24) is 9.78 Å². The SMILES string of the molecule is CC1(C)CC(=O)C2=C(C1)Nc1c(C(=O)Nc3ccc(F)cc3)cnn1[C@H]2c1ccc(Cl)cc1Cl. The van der Waals surface area contributed by atoms with Gasteiger partial charge in [0.25, 0.3) is 5.91 Å². The molecule has 2 aliphatic rings. The molecule has 0 unspecified atom stereocenters. The summed E-state index contributed by atoms with van der Waals surface area (Å²) in [6.45, 7) is 4.07. The average Bonchev–Trinajstić information content (AvgIpc) is 3.17. The molecule has 6 nitrogen and oxygen atoms in total. The molecule has 0 saturated carbocycles. The monoisotopic (exact) mass is 498 g/mol. The molecular formula is C25H21Cl2FN4O2. The van der Waals surface area contributed by atoms with Gasteiger partial charge in [0.15, 0.2) is 5.78 Å². The minimum absolute atomic E-state index is 0.00762. The summed E-state index contributed by atoms with van der Waals surface area (Å²) in [5, 5.41) is 11.4. The normalized spacial score (nSPS) is 18.7. The highest BCUT2D eigenvalue weighted by molar-refractivity contribution is 6.35. The second-order valence-electron chi connectivity index (χ2n) is 9.34. The lowest BCUT2D eigenvalue weighted by atomic mass is 9.73. The van der Waals surface area contributed by atoms with Crippen LogP contribution in [0.2, 0.25) is 10.0 Å². The summed E-state index contributed by atoms with van der Waals surface area (Å²) in [6.07, 6.45) is 2.47. The number of fused-ring (bicyclic) bond motifs is 1. The number of nitrogens with one attached hydrogen (secondary N) is 2. The van der Waals surface area contributed by atoms with E-state index in [1.807, 2.05) is 13.8 Å². The third kappa shape index (κ3) is 3.99. The van der Waals surface area contributed by atoms with E-state index in [1.54, 1.807) is 22.9 Å². The Balaban J connectivity index is 1.61. The summed E-state index contributed by atoms with van der Waals surface area (Å²) in [5.74, 6) is -0.339. The van der Waals surface area contributed by atoms with Gasteiger partial charge in [0.1, 0.15) is 23.2 Å². The Kier molecular flexibility index (Phi) is 5.49. The van der Waals surface area contributed by atoms with Crippen LogP contribution in [-0.4, -0.2) is 21.5 Å². The Bertz CT molecular complexity index is 1360. The zero-order valence-electron chi connectivity index (χ0n) is 18.5. The second kappa shape index (κ2) is 8.25. The lowest BCUT2D eigenvalue weighted by Gasteiger charge is -2.39. The van der Waals surface area contributed by atoms with Crippen molar-refractivity contribution in [2.75, 3.05) is 10.6 Å². The first-order valence-electron chi connectivity index (χ1n) is 10.8. The van der Waals surface area contributed by atoms with Gasteiger partial charge < -0.3 is 10.6 Å². The number of allylic oxidation sites excluding steroid dienone is 2. The maximum Gasteiger partial charge on any atom is 0.261 e. The summed E-state index contributed by atoms with van der Waals surface area (Å²) < 4.78 is 14.9. The fraction of sp³-hybridized carbons (Fsp3) is 0.240. The summed E-state index contributed by atoms with van der Waals surface area (Å²) in [6, 6.07) is 10.0. The van der Waals surface area contributed by atoms with Crippen LogP contribution < -0.4 is 10.6 Å². The number of nitrogens with zero attached hydrogens (tertiary/aromatic N) is 2. The Morgan fingerprint density at radius 3 is 2.62 bits per heavy atom. The van der Waals surface area contributed by atoms with E-state index < -0.39 is 17.8 Å². The van der Waals surface area contributed by atoms with Gasteiger partial charge in [-0.3, -0.25) is 9.59 Å². The van der Waals surface area contributed by atoms with Crippen LogP contribution in [0, 0.1) is 11.2 Å². The first kappa shape index (κ1) is 22.6. The highest BCUT2D eigenvalue weighted by Crippen LogP contribution is 2.47. The number of amides is 1. The quantitative estimate of drug-likeness (QED) is 0.448. The van der Waals surface area contributed by atoms with E-state index in [0.717, 1.165) is 5.70 Å². The van der Waals surface area contributed by atoms with E-state index in [-0.39, 0.29) is 11.2 Å². The Hall–Kier alpha value is -3.16. The highest BCUT2D eigenvalue weighted by Gasteiger charge is 2.42. The van der Waals surface area contributed by atoms with Crippen LogP contribution in [0.5, 0.6) is 0 Å².